The molecule has 1 aromatic carbocycles. The van der Waals surface area contributed by atoms with Crippen LogP contribution >= 0.6 is 0 Å². The van der Waals surface area contributed by atoms with Crippen LogP contribution < -0.4 is 5.73 Å². The number of rotatable bonds is 5. The highest BCUT2D eigenvalue weighted by Gasteiger charge is 2.33. The number of nitrogens with two attached hydrogens (primary N) is 1. The molecular weight excluding hydrogens is 276 g/mol. The van der Waals surface area contributed by atoms with Gasteiger partial charge in [0.15, 0.2) is 9.84 Å². The molecule has 0 atom stereocenters. The van der Waals surface area contributed by atoms with Gasteiger partial charge >= 0.3 is 0 Å². The summed E-state index contributed by atoms with van der Waals surface area (Å²) >= 11 is 0. The molecule has 1 aliphatic rings. The average Bonchev–Trinajstić information content (AvgIpc) is 3.17. The Morgan fingerprint density at radius 3 is 2.60 bits per heavy atom. The second kappa shape index (κ2) is 5.44. The van der Waals surface area contributed by atoms with Crippen LogP contribution in [0.3, 0.4) is 0 Å². The molecule has 0 aromatic heterocycles. The molecule has 1 aliphatic carbocycles. The molecule has 0 aliphatic heterocycles. The number of sulfone groups is 1. The summed E-state index contributed by atoms with van der Waals surface area (Å²) in [5.74, 6) is -0.807. The zero-order valence-electron chi connectivity index (χ0n) is 11.8. The maximum absolute atomic E-state index is 12.4. The van der Waals surface area contributed by atoms with Gasteiger partial charge in [-0.25, -0.2) is 8.42 Å². The Hall–Kier alpha value is -1.56. The van der Waals surface area contributed by atoms with Gasteiger partial charge in [-0.15, -0.1) is 0 Å². The van der Waals surface area contributed by atoms with Crippen molar-refractivity contribution >= 4 is 21.4 Å². The summed E-state index contributed by atoms with van der Waals surface area (Å²) in [6, 6.07) is 4.98. The summed E-state index contributed by atoms with van der Waals surface area (Å²) in [7, 11) is -3.64. The third kappa shape index (κ3) is 2.95. The summed E-state index contributed by atoms with van der Waals surface area (Å²) < 4.78 is 24.8. The standard InChI is InChI=1S/C14H20N2O3S/c1-3-16(11-7-8-11)14(17)9-20(18,19)13-6-4-5-12(15)10(13)2/h4-6,11H,3,7-9,15H2,1-2H3. The Balaban J connectivity index is 2.22. The maximum atomic E-state index is 12.4. The van der Waals surface area contributed by atoms with Crippen LogP contribution in [-0.4, -0.2) is 37.6 Å². The molecular formula is C14H20N2O3S. The average molecular weight is 296 g/mol. The van der Waals surface area contributed by atoms with Gasteiger partial charge in [0.25, 0.3) is 0 Å². The van der Waals surface area contributed by atoms with E-state index in [1.165, 1.54) is 6.07 Å². The van der Waals surface area contributed by atoms with Gasteiger partial charge in [-0.1, -0.05) is 6.07 Å². The third-order valence-corrected chi connectivity index (χ3v) is 5.36. The van der Waals surface area contributed by atoms with Gasteiger partial charge in [-0.05, 0) is 44.4 Å². The second-order valence-electron chi connectivity index (χ2n) is 5.14. The van der Waals surface area contributed by atoms with Crippen LogP contribution in [0, 0.1) is 6.92 Å². The number of nitrogens with zero attached hydrogens (tertiary/aromatic N) is 1. The molecule has 0 spiro atoms. The van der Waals surface area contributed by atoms with Gasteiger partial charge in [0.2, 0.25) is 5.91 Å². The van der Waals surface area contributed by atoms with Crippen molar-refractivity contribution in [2.75, 3.05) is 18.0 Å². The summed E-state index contributed by atoms with van der Waals surface area (Å²) in [5.41, 5.74) is 6.67. The first kappa shape index (κ1) is 14.8. The molecule has 5 nitrogen and oxygen atoms in total. The predicted octanol–water partition coefficient (Wildman–Crippen LogP) is 1.36. The molecule has 1 saturated carbocycles. The Morgan fingerprint density at radius 1 is 1.40 bits per heavy atom. The van der Waals surface area contributed by atoms with E-state index in [2.05, 4.69) is 0 Å². The SMILES string of the molecule is CCN(C(=O)CS(=O)(=O)c1cccc(N)c1C)C1CC1. The number of carbonyl (C=O) groups excluding carboxylic acids is 1. The first-order chi connectivity index (χ1) is 9.36. The number of amides is 1. The molecule has 2 N–H and O–H groups in total. The normalized spacial score (nSPS) is 15.1. The van der Waals surface area contributed by atoms with Crippen LogP contribution in [0.4, 0.5) is 5.69 Å². The van der Waals surface area contributed by atoms with Crippen molar-refractivity contribution in [2.24, 2.45) is 0 Å². The number of carbonyl (C=O) groups is 1. The zero-order valence-corrected chi connectivity index (χ0v) is 12.6. The summed E-state index contributed by atoms with van der Waals surface area (Å²) in [4.78, 5) is 14.0. The first-order valence-electron chi connectivity index (χ1n) is 6.74. The van der Waals surface area contributed by atoms with Crippen molar-refractivity contribution in [2.45, 2.75) is 37.6 Å². The van der Waals surface area contributed by atoms with E-state index in [4.69, 9.17) is 5.73 Å². The Bertz CT molecular complexity index is 621. The highest BCUT2D eigenvalue weighted by atomic mass is 32.2. The lowest BCUT2D eigenvalue weighted by Crippen LogP contribution is -2.37. The number of benzene rings is 1. The van der Waals surface area contributed by atoms with E-state index >= 15 is 0 Å². The van der Waals surface area contributed by atoms with Gasteiger partial charge in [-0.3, -0.25) is 4.79 Å². The highest BCUT2D eigenvalue weighted by Crippen LogP contribution is 2.28. The van der Waals surface area contributed by atoms with Crippen molar-refractivity contribution < 1.29 is 13.2 Å². The minimum absolute atomic E-state index is 0.151. The van der Waals surface area contributed by atoms with Gasteiger partial charge in [0.05, 0.1) is 4.90 Å². The number of anilines is 1. The summed E-state index contributed by atoms with van der Waals surface area (Å²) in [6.45, 7) is 4.08. The molecule has 110 valence electrons. The number of hydrogen-bond acceptors (Lipinski definition) is 4. The van der Waals surface area contributed by atoms with Crippen molar-refractivity contribution in [1.82, 2.24) is 4.90 Å². The van der Waals surface area contributed by atoms with Crippen molar-refractivity contribution in [3.63, 3.8) is 0 Å². The molecule has 1 fully saturated rings. The molecule has 0 heterocycles. The quantitative estimate of drug-likeness (QED) is 0.832. The Morgan fingerprint density at radius 2 is 2.05 bits per heavy atom. The summed E-state index contributed by atoms with van der Waals surface area (Å²) in [6.07, 6.45) is 1.94. The molecule has 1 aromatic rings. The van der Waals surface area contributed by atoms with E-state index in [9.17, 15) is 13.2 Å². The Kier molecular flexibility index (Phi) is 4.04. The summed E-state index contributed by atoms with van der Waals surface area (Å²) in [5, 5.41) is 0. The first-order valence-corrected chi connectivity index (χ1v) is 8.39. The van der Waals surface area contributed by atoms with Gasteiger partial charge in [-0.2, -0.15) is 0 Å². The molecule has 20 heavy (non-hydrogen) atoms. The van der Waals surface area contributed by atoms with Gasteiger partial charge in [0, 0.05) is 18.3 Å². The second-order valence-corrected chi connectivity index (χ2v) is 7.10. The fraction of sp³-hybridized carbons (Fsp3) is 0.500. The van der Waals surface area contributed by atoms with Crippen molar-refractivity contribution in [1.29, 1.82) is 0 Å². The minimum atomic E-state index is -3.64. The molecule has 0 bridgehead atoms. The third-order valence-electron chi connectivity index (χ3n) is 3.62. The number of hydrogen-bond donors (Lipinski definition) is 1. The van der Waals surface area contributed by atoms with Crippen molar-refractivity contribution in [3.05, 3.63) is 23.8 Å². The molecule has 1 amide bonds. The van der Waals surface area contributed by atoms with E-state index in [1.54, 1.807) is 24.0 Å². The lowest BCUT2D eigenvalue weighted by Gasteiger charge is -2.20. The van der Waals surface area contributed by atoms with E-state index in [-0.39, 0.29) is 16.8 Å². The molecule has 0 unspecified atom stereocenters. The predicted molar refractivity (Wildman–Crippen MR) is 78.1 cm³/mol. The van der Waals surface area contributed by atoms with Crippen LogP contribution in [-0.2, 0) is 14.6 Å². The van der Waals surface area contributed by atoms with E-state index in [1.807, 2.05) is 6.92 Å². The highest BCUT2D eigenvalue weighted by molar-refractivity contribution is 7.92. The lowest BCUT2D eigenvalue weighted by molar-refractivity contribution is -0.128. The largest absolute Gasteiger partial charge is 0.398 e. The zero-order chi connectivity index (χ0) is 14.9. The number of nitrogen functional groups attached to an aromatic ring is 1. The molecule has 0 saturated heterocycles. The molecule has 0 radical (unpaired) electrons. The van der Waals surface area contributed by atoms with Crippen molar-refractivity contribution in [3.8, 4) is 0 Å². The topological polar surface area (TPSA) is 80.5 Å². The molecule has 6 heteroatoms. The van der Waals surface area contributed by atoms with Crippen LogP contribution in [0.2, 0.25) is 0 Å². The van der Waals surface area contributed by atoms with Crippen LogP contribution in [0.5, 0.6) is 0 Å². The fourth-order valence-electron chi connectivity index (χ4n) is 2.32. The van der Waals surface area contributed by atoms with Crippen LogP contribution in [0.15, 0.2) is 23.1 Å². The van der Waals surface area contributed by atoms with E-state index in [0.717, 1.165) is 12.8 Å². The minimum Gasteiger partial charge on any atom is -0.398 e. The van der Waals surface area contributed by atoms with Gasteiger partial charge in [0.1, 0.15) is 5.75 Å². The Labute approximate surface area is 119 Å². The molecule has 2 rings (SSSR count). The van der Waals surface area contributed by atoms with Crippen LogP contribution in [0.25, 0.3) is 0 Å². The van der Waals surface area contributed by atoms with E-state index < -0.39 is 15.6 Å². The monoisotopic (exact) mass is 296 g/mol. The fourth-order valence-corrected chi connectivity index (χ4v) is 3.83. The maximum Gasteiger partial charge on any atom is 0.238 e. The lowest BCUT2D eigenvalue weighted by atomic mass is 10.2. The van der Waals surface area contributed by atoms with E-state index in [0.29, 0.717) is 17.8 Å². The van der Waals surface area contributed by atoms with Gasteiger partial charge < -0.3 is 10.6 Å². The van der Waals surface area contributed by atoms with Crippen LogP contribution in [0.1, 0.15) is 25.3 Å². The smallest absolute Gasteiger partial charge is 0.238 e.